The summed E-state index contributed by atoms with van der Waals surface area (Å²) in [6, 6.07) is 11.2. The first-order valence-corrected chi connectivity index (χ1v) is 7.51. The summed E-state index contributed by atoms with van der Waals surface area (Å²) in [5.74, 6) is -0.106. The van der Waals surface area contributed by atoms with E-state index in [1.54, 1.807) is 18.2 Å². The summed E-state index contributed by atoms with van der Waals surface area (Å²) in [7, 11) is 0. The summed E-state index contributed by atoms with van der Waals surface area (Å²) in [5.41, 5.74) is 9.93. The summed E-state index contributed by atoms with van der Waals surface area (Å²) in [4.78, 5) is 11.9. The Balaban J connectivity index is 2.30. The first-order valence-electron chi connectivity index (χ1n) is 6.71. The number of hydrogen-bond acceptors (Lipinski definition) is 3. The quantitative estimate of drug-likeness (QED) is 0.736. The van der Waals surface area contributed by atoms with Gasteiger partial charge in [0.15, 0.2) is 0 Å². The van der Waals surface area contributed by atoms with Crippen LogP contribution in [0.4, 0.5) is 17.1 Å². The van der Waals surface area contributed by atoms with Crippen molar-refractivity contribution >= 4 is 38.9 Å². The summed E-state index contributed by atoms with van der Waals surface area (Å²) < 4.78 is 0.989. The van der Waals surface area contributed by atoms with Crippen molar-refractivity contribution in [2.75, 3.05) is 17.6 Å². The number of carbonyl (C=O) groups is 1. The molecule has 0 bridgehead atoms. The maximum absolute atomic E-state index is 11.9. The summed E-state index contributed by atoms with van der Waals surface area (Å²) in [5, 5.41) is 6.03. The molecule has 0 saturated heterocycles. The fourth-order valence-electron chi connectivity index (χ4n) is 2.03. The van der Waals surface area contributed by atoms with Crippen molar-refractivity contribution in [3.8, 4) is 0 Å². The molecule has 1 amide bonds. The number of halogens is 1. The minimum absolute atomic E-state index is 0.106. The smallest absolute Gasteiger partial charge is 0.251 e. The monoisotopic (exact) mass is 347 g/mol. The van der Waals surface area contributed by atoms with Crippen molar-refractivity contribution in [2.24, 2.45) is 0 Å². The molecule has 5 heteroatoms. The van der Waals surface area contributed by atoms with Gasteiger partial charge < -0.3 is 16.4 Å². The molecule has 0 heterocycles. The van der Waals surface area contributed by atoms with E-state index >= 15 is 0 Å². The Morgan fingerprint density at radius 2 is 2.00 bits per heavy atom. The first-order chi connectivity index (χ1) is 9.99. The first kappa shape index (κ1) is 15.4. The predicted octanol–water partition coefficient (Wildman–Crippen LogP) is 3.83. The molecule has 110 valence electrons. The number of amides is 1. The molecule has 0 atom stereocenters. The van der Waals surface area contributed by atoms with Crippen molar-refractivity contribution in [3.63, 3.8) is 0 Å². The molecule has 2 aromatic carbocycles. The van der Waals surface area contributed by atoms with Crippen LogP contribution < -0.4 is 16.4 Å². The lowest BCUT2D eigenvalue weighted by Gasteiger charge is -2.12. The lowest BCUT2D eigenvalue weighted by atomic mass is 10.1. The van der Waals surface area contributed by atoms with E-state index < -0.39 is 0 Å². The number of nitrogens with two attached hydrogens (primary N) is 1. The molecular formula is C16H18BrN3O. The molecule has 0 aliphatic heterocycles. The van der Waals surface area contributed by atoms with Crippen molar-refractivity contribution in [2.45, 2.75) is 13.8 Å². The molecule has 0 unspecified atom stereocenters. The maximum atomic E-state index is 11.9. The Hall–Kier alpha value is -2.01. The molecule has 4 nitrogen and oxygen atoms in total. The molecule has 0 aromatic heterocycles. The molecule has 0 aliphatic rings. The maximum Gasteiger partial charge on any atom is 0.251 e. The van der Waals surface area contributed by atoms with Crippen LogP contribution in [-0.2, 0) is 0 Å². The van der Waals surface area contributed by atoms with Gasteiger partial charge in [0.1, 0.15) is 0 Å². The van der Waals surface area contributed by atoms with Crippen LogP contribution in [0.5, 0.6) is 0 Å². The van der Waals surface area contributed by atoms with Crippen molar-refractivity contribution < 1.29 is 4.79 Å². The summed E-state index contributed by atoms with van der Waals surface area (Å²) in [6.07, 6.45) is 0. The zero-order chi connectivity index (χ0) is 15.4. The van der Waals surface area contributed by atoms with Crippen LogP contribution in [-0.4, -0.2) is 12.5 Å². The average Bonchev–Trinajstić information content (AvgIpc) is 2.40. The molecule has 0 radical (unpaired) electrons. The van der Waals surface area contributed by atoms with Gasteiger partial charge >= 0.3 is 0 Å². The number of nitrogens with one attached hydrogen (secondary N) is 2. The Labute approximate surface area is 132 Å². The molecule has 0 aliphatic carbocycles. The van der Waals surface area contributed by atoms with Crippen molar-refractivity contribution in [3.05, 3.63) is 52.0 Å². The van der Waals surface area contributed by atoms with E-state index in [1.807, 2.05) is 32.0 Å². The van der Waals surface area contributed by atoms with Crippen LogP contribution in [0.3, 0.4) is 0 Å². The van der Waals surface area contributed by atoms with E-state index in [4.69, 9.17) is 5.73 Å². The second-order valence-corrected chi connectivity index (χ2v) is 5.72. The van der Waals surface area contributed by atoms with Crippen LogP contribution in [0.2, 0.25) is 0 Å². The van der Waals surface area contributed by atoms with E-state index in [1.165, 1.54) is 0 Å². The number of nitrogen functional groups attached to an aromatic ring is 1. The number of benzene rings is 2. The molecule has 2 rings (SSSR count). The lowest BCUT2D eigenvalue weighted by Crippen LogP contribution is -2.22. The van der Waals surface area contributed by atoms with Crippen LogP contribution in [0.25, 0.3) is 0 Å². The van der Waals surface area contributed by atoms with Crippen LogP contribution in [0.15, 0.2) is 40.9 Å². The number of anilines is 3. The largest absolute Gasteiger partial charge is 0.397 e. The third kappa shape index (κ3) is 3.98. The van der Waals surface area contributed by atoms with E-state index in [-0.39, 0.29) is 5.91 Å². The summed E-state index contributed by atoms with van der Waals surface area (Å²) >= 11 is 3.47. The third-order valence-electron chi connectivity index (χ3n) is 2.97. The molecule has 2 aromatic rings. The highest BCUT2D eigenvalue weighted by Crippen LogP contribution is 2.27. The second-order valence-electron chi connectivity index (χ2n) is 4.80. The van der Waals surface area contributed by atoms with Gasteiger partial charge in [-0.2, -0.15) is 0 Å². The average molecular weight is 348 g/mol. The van der Waals surface area contributed by atoms with E-state index in [0.29, 0.717) is 17.8 Å². The zero-order valence-corrected chi connectivity index (χ0v) is 13.6. The Kier molecular flexibility index (Phi) is 4.85. The van der Waals surface area contributed by atoms with Crippen LogP contribution in [0.1, 0.15) is 22.8 Å². The SMILES string of the molecule is CCNC(=O)c1ccc(N)c(Nc2cc(C)cc(Br)c2)c1. The Morgan fingerprint density at radius 3 is 2.67 bits per heavy atom. The fraction of sp³-hybridized carbons (Fsp3) is 0.188. The minimum atomic E-state index is -0.106. The third-order valence-corrected chi connectivity index (χ3v) is 3.43. The van der Waals surface area contributed by atoms with Crippen LogP contribution >= 0.6 is 15.9 Å². The van der Waals surface area contributed by atoms with Crippen molar-refractivity contribution in [1.82, 2.24) is 5.32 Å². The van der Waals surface area contributed by atoms with Gasteiger partial charge in [-0.05, 0) is 55.8 Å². The zero-order valence-electron chi connectivity index (χ0n) is 12.0. The van der Waals surface area contributed by atoms with Crippen molar-refractivity contribution in [1.29, 1.82) is 0 Å². The van der Waals surface area contributed by atoms with E-state index in [9.17, 15) is 4.79 Å². The van der Waals surface area contributed by atoms with Gasteiger partial charge in [0.2, 0.25) is 0 Å². The second kappa shape index (κ2) is 6.63. The highest BCUT2D eigenvalue weighted by molar-refractivity contribution is 9.10. The number of aryl methyl sites for hydroxylation is 1. The molecular weight excluding hydrogens is 330 g/mol. The lowest BCUT2D eigenvalue weighted by molar-refractivity contribution is 0.0956. The number of rotatable bonds is 4. The molecule has 0 spiro atoms. The topological polar surface area (TPSA) is 67.2 Å². The Morgan fingerprint density at radius 1 is 1.24 bits per heavy atom. The van der Waals surface area contributed by atoms with E-state index in [2.05, 4.69) is 26.6 Å². The predicted molar refractivity (Wildman–Crippen MR) is 91.0 cm³/mol. The highest BCUT2D eigenvalue weighted by atomic mass is 79.9. The minimum Gasteiger partial charge on any atom is -0.397 e. The number of hydrogen-bond donors (Lipinski definition) is 3. The molecule has 0 fully saturated rings. The summed E-state index contributed by atoms with van der Waals surface area (Å²) in [6.45, 7) is 4.50. The standard InChI is InChI=1S/C16H18BrN3O/c1-3-19-16(21)11-4-5-14(18)15(8-11)20-13-7-10(2)6-12(17)9-13/h4-9,20H,3,18H2,1-2H3,(H,19,21). The van der Waals surface area contributed by atoms with Gasteiger partial charge in [-0.25, -0.2) is 0 Å². The highest BCUT2D eigenvalue weighted by Gasteiger charge is 2.08. The molecule has 4 N–H and O–H groups in total. The van der Waals surface area contributed by atoms with Gasteiger partial charge in [-0.3, -0.25) is 4.79 Å². The van der Waals surface area contributed by atoms with E-state index in [0.717, 1.165) is 21.4 Å². The molecule has 0 saturated carbocycles. The molecule has 21 heavy (non-hydrogen) atoms. The van der Waals surface area contributed by atoms with Gasteiger partial charge in [0.05, 0.1) is 11.4 Å². The fourth-order valence-corrected chi connectivity index (χ4v) is 2.64. The van der Waals surface area contributed by atoms with Gasteiger partial charge in [-0.1, -0.05) is 15.9 Å². The van der Waals surface area contributed by atoms with Crippen LogP contribution in [0, 0.1) is 6.92 Å². The van der Waals surface area contributed by atoms with Gasteiger partial charge in [0, 0.05) is 22.3 Å². The number of carbonyl (C=O) groups excluding carboxylic acids is 1. The Bertz CT molecular complexity index is 650. The van der Waals surface area contributed by atoms with Gasteiger partial charge in [-0.15, -0.1) is 0 Å². The normalized spacial score (nSPS) is 10.2. The van der Waals surface area contributed by atoms with Gasteiger partial charge in [0.25, 0.3) is 5.91 Å².